The minimum Gasteiger partial charge on any atom is -0.463 e. The first-order chi connectivity index (χ1) is 9.54. The van der Waals surface area contributed by atoms with E-state index < -0.39 is 0 Å². The van der Waals surface area contributed by atoms with Gasteiger partial charge in [0.25, 0.3) is 0 Å². The highest BCUT2D eigenvalue weighted by Crippen LogP contribution is 2.22. The van der Waals surface area contributed by atoms with Gasteiger partial charge in [0.1, 0.15) is 0 Å². The summed E-state index contributed by atoms with van der Waals surface area (Å²) in [7, 11) is 0. The number of hydrogen-bond donors (Lipinski definition) is 2. The lowest BCUT2D eigenvalue weighted by molar-refractivity contribution is -0.0281. The first kappa shape index (κ1) is 14.7. The Morgan fingerprint density at radius 1 is 1.40 bits per heavy atom. The summed E-state index contributed by atoms with van der Waals surface area (Å²) < 4.78 is 11.1. The largest absolute Gasteiger partial charge is 0.463 e. The van der Waals surface area contributed by atoms with Gasteiger partial charge in [0.05, 0.1) is 18.8 Å². The minimum atomic E-state index is -0.231. The molecule has 1 aliphatic rings. The smallest absolute Gasteiger partial charge is 0.323 e. The number of nitrogens with two attached hydrogens (primary N) is 1. The second-order valence-corrected chi connectivity index (χ2v) is 5.26. The van der Waals surface area contributed by atoms with E-state index >= 15 is 0 Å². The normalized spacial score (nSPS) is 17.9. The lowest BCUT2D eigenvalue weighted by Gasteiger charge is -2.38. The minimum absolute atomic E-state index is 0.231. The van der Waals surface area contributed by atoms with Gasteiger partial charge in [-0.25, -0.2) is 5.84 Å². The molecule has 8 nitrogen and oxygen atoms in total. The third kappa shape index (κ3) is 3.67. The zero-order chi connectivity index (χ0) is 14.6. The molecule has 0 atom stereocenters. The van der Waals surface area contributed by atoms with E-state index in [2.05, 4.69) is 20.4 Å². The van der Waals surface area contributed by atoms with Crippen LogP contribution in [0.1, 0.15) is 27.2 Å². The van der Waals surface area contributed by atoms with Crippen molar-refractivity contribution in [2.24, 2.45) is 5.84 Å². The molecule has 0 bridgehead atoms. The number of ether oxygens (including phenoxy) is 2. The highest BCUT2D eigenvalue weighted by Gasteiger charge is 2.29. The lowest BCUT2D eigenvalue weighted by Crippen LogP contribution is -2.49. The molecule has 0 aliphatic carbocycles. The molecule has 112 valence electrons. The van der Waals surface area contributed by atoms with Crippen LogP contribution in [0.3, 0.4) is 0 Å². The zero-order valence-electron chi connectivity index (χ0n) is 12.2. The summed E-state index contributed by atoms with van der Waals surface area (Å²) in [6, 6.07) is 0.286. The SMILES string of the molecule is CCCOc1nc(NN)nc(N2CCOC(C)(C)C2)n1. The van der Waals surface area contributed by atoms with Crippen molar-refractivity contribution >= 4 is 11.9 Å². The van der Waals surface area contributed by atoms with Crippen LogP contribution in [0.25, 0.3) is 0 Å². The van der Waals surface area contributed by atoms with Crippen LogP contribution in [0.5, 0.6) is 6.01 Å². The molecule has 0 spiro atoms. The quantitative estimate of drug-likeness (QED) is 0.597. The van der Waals surface area contributed by atoms with Crippen LogP contribution in [0.2, 0.25) is 0 Å². The Labute approximate surface area is 118 Å². The lowest BCUT2D eigenvalue weighted by atomic mass is 10.1. The van der Waals surface area contributed by atoms with Crippen molar-refractivity contribution in [3.05, 3.63) is 0 Å². The Kier molecular flexibility index (Phi) is 4.56. The molecule has 1 aliphatic heterocycles. The van der Waals surface area contributed by atoms with E-state index in [-0.39, 0.29) is 11.6 Å². The predicted octanol–water partition coefficient (Wildman–Crippen LogP) is 0.561. The van der Waals surface area contributed by atoms with Crippen molar-refractivity contribution in [2.45, 2.75) is 32.8 Å². The molecule has 0 radical (unpaired) electrons. The van der Waals surface area contributed by atoms with E-state index in [4.69, 9.17) is 15.3 Å². The van der Waals surface area contributed by atoms with Crippen LogP contribution in [0.15, 0.2) is 0 Å². The van der Waals surface area contributed by atoms with Crippen molar-refractivity contribution in [1.82, 2.24) is 15.0 Å². The molecule has 2 heterocycles. The number of anilines is 2. The van der Waals surface area contributed by atoms with Crippen molar-refractivity contribution in [3.63, 3.8) is 0 Å². The number of hydrazine groups is 1. The third-order valence-corrected chi connectivity index (χ3v) is 2.88. The Balaban J connectivity index is 2.21. The Morgan fingerprint density at radius 3 is 2.85 bits per heavy atom. The number of aromatic nitrogens is 3. The number of rotatable bonds is 5. The molecule has 8 heteroatoms. The molecule has 3 N–H and O–H groups in total. The average molecular weight is 282 g/mol. The first-order valence-electron chi connectivity index (χ1n) is 6.78. The molecule has 1 fully saturated rings. The second kappa shape index (κ2) is 6.19. The number of nitrogens with zero attached hydrogens (tertiary/aromatic N) is 4. The summed E-state index contributed by atoms with van der Waals surface area (Å²) in [5, 5.41) is 0. The van der Waals surface area contributed by atoms with Gasteiger partial charge >= 0.3 is 6.01 Å². The molecule has 20 heavy (non-hydrogen) atoms. The molecule has 0 saturated carbocycles. The molecule has 1 saturated heterocycles. The van der Waals surface area contributed by atoms with Crippen molar-refractivity contribution in [3.8, 4) is 6.01 Å². The van der Waals surface area contributed by atoms with Gasteiger partial charge in [-0.1, -0.05) is 6.92 Å². The maximum Gasteiger partial charge on any atom is 0.323 e. The van der Waals surface area contributed by atoms with E-state index in [0.29, 0.717) is 31.7 Å². The summed E-state index contributed by atoms with van der Waals surface area (Å²) in [5.41, 5.74) is 2.21. The van der Waals surface area contributed by atoms with Gasteiger partial charge in [0, 0.05) is 13.1 Å². The van der Waals surface area contributed by atoms with Gasteiger partial charge in [-0.2, -0.15) is 15.0 Å². The summed E-state index contributed by atoms with van der Waals surface area (Å²) in [4.78, 5) is 14.7. The topological polar surface area (TPSA) is 98.4 Å². The maximum absolute atomic E-state index is 5.68. The van der Waals surface area contributed by atoms with Crippen molar-refractivity contribution < 1.29 is 9.47 Å². The molecule has 0 unspecified atom stereocenters. The van der Waals surface area contributed by atoms with Crippen molar-refractivity contribution in [2.75, 3.05) is 36.6 Å². The molecule has 0 aromatic carbocycles. The molecular formula is C12H22N6O2. The van der Waals surface area contributed by atoms with Gasteiger partial charge in [-0.15, -0.1) is 0 Å². The number of hydrogen-bond acceptors (Lipinski definition) is 8. The summed E-state index contributed by atoms with van der Waals surface area (Å²) >= 11 is 0. The van der Waals surface area contributed by atoms with Crippen LogP contribution in [0, 0.1) is 0 Å². The molecule has 2 rings (SSSR count). The fraction of sp³-hybridized carbons (Fsp3) is 0.750. The molecule has 1 aromatic rings. The predicted molar refractivity (Wildman–Crippen MR) is 75.7 cm³/mol. The van der Waals surface area contributed by atoms with Crippen molar-refractivity contribution in [1.29, 1.82) is 0 Å². The van der Waals surface area contributed by atoms with E-state index in [1.54, 1.807) is 0 Å². The Bertz CT molecular complexity index is 454. The summed E-state index contributed by atoms with van der Waals surface area (Å²) in [5.74, 6) is 6.25. The highest BCUT2D eigenvalue weighted by atomic mass is 16.5. The van der Waals surface area contributed by atoms with E-state index in [1.165, 1.54) is 0 Å². The van der Waals surface area contributed by atoms with Gasteiger partial charge in [0.2, 0.25) is 11.9 Å². The second-order valence-electron chi connectivity index (χ2n) is 5.26. The van der Waals surface area contributed by atoms with E-state index in [9.17, 15) is 0 Å². The van der Waals surface area contributed by atoms with Crippen LogP contribution >= 0.6 is 0 Å². The number of nitrogens with one attached hydrogen (secondary N) is 1. The van der Waals surface area contributed by atoms with E-state index in [0.717, 1.165) is 13.0 Å². The average Bonchev–Trinajstić information content (AvgIpc) is 2.43. The fourth-order valence-electron chi connectivity index (χ4n) is 2.00. The molecule has 0 amide bonds. The summed E-state index contributed by atoms with van der Waals surface area (Å²) in [6.45, 7) is 8.72. The molecule has 1 aromatic heterocycles. The Morgan fingerprint density at radius 2 is 2.20 bits per heavy atom. The number of morpholine rings is 1. The van der Waals surface area contributed by atoms with Gasteiger partial charge in [0.15, 0.2) is 0 Å². The monoisotopic (exact) mass is 282 g/mol. The maximum atomic E-state index is 5.68. The Hall–Kier alpha value is -1.67. The zero-order valence-corrected chi connectivity index (χ0v) is 12.2. The van der Waals surface area contributed by atoms with Crippen LogP contribution in [0.4, 0.5) is 11.9 Å². The van der Waals surface area contributed by atoms with Crippen LogP contribution in [-0.4, -0.2) is 46.9 Å². The first-order valence-corrected chi connectivity index (χ1v) is 6.78. The van der Waals surface area contributed by atoms with Crippen LogP contribution in [-0.2, 0) is 4.74 Å². The van der Waals surface area contributed by atoms with Gasteiger partial charge < -0.3 is 14.4 Å². The number of nitrogen functional groups attached to an aromatic ring is 1. The fourth-order valence-corrected chi connectivity index (χ4v) is 2.00. The third-order valence-electron chi connectivity index (χ3n) is 2.88. The van der Waals surface area contributed by atoms with E-state index in [1.807, 2.05) is 25.7 Å². The summed E-state index contributed by atoms with van der Waals surface area (Å²) in [6.07, 6.45) is 0.886. The van der Waals surface area contributed by atoms with Gasteiger partial charge in [-0.05, 0) is 20.3 Å². The standard InChI is InChI=1S/C12H22N6O2/c1-4-6-19-11-15-9(17-13)14-10(16-11)18-5-7-20-12(2,3)8-18/h4-8,13H2,1-3H3,(H,14,15,16,17). The van der Waals surface area contributed by atoms with Crippen LogP contribution < -0.4 is 20.9 Å². The molecular weight excluding hydrogens is 260 g/mol. The van der Waals surface area contributed by atoms with Gasteiger partial charge in [-0.3, -0.25) is 5.43 Å². The highest BCUT2D eigenvalue weighted by molar-refractivity contribution is 5.38.